The van der Waals surface area contributed by atoms with Crippen LogP contribution in [0, 0.1) is 0 Å². The molecular weight excluding hydrogens is 653 g/mol. The van der Waals surface area contributed by atoms with Crippen LogP contribution in [0.15, 0.2) is 34.3 Å². The van der Waals surface area contributed by atoms with E-state index in [2.05, 4.69) is 15.3 Å². The van der Waals surface area contributed by atoms with E-state index in [9.17, 15) is 18.9 Å². The number of aliphatic hydroxyl groups is 1. The quantitative estimate of drug-likeness (QED) is 0.281. The zero-order valence-electron chi connectivity index (χ0n) is 27.8. The lowest BCUT2D eigenvalue weighted by Gasteiger charge is -2.22. The van der Waals surface area contributed by atoms with Gasteiger partial charge in [-0.3, -0.25) is 24.4 Å². The fourth-order valence-electron chi connectivity index (χ4n) is 6.58. The summed E-state index contributed by atoms with van der Waals surface area (Å²) >= 11 is 0. The molecule has 0 bridgehead atoms. The van der Waals surface area contributed by atoms with Gasteiger partial charge in [0.25, 0.3) is 11.8 Å². The van der Waals surface area contributed by atoms with Crippen LogP contribution in [0.25, 0.3) is 0 Å². The van der Waals surface area contributed by atoms with Crippen LogP contribution in [0.4, 0.5) is 11.4 Å². The van der Waals surface area contributed by atoms with E-state index >= 15 is 0 Å². The van der Waals surface area contributed by atoms with E-state index in [1.54, 1.807) is 36.7 Å². The first-order chi connectivity index (χ1) is 23.7. The van der Waals surface area contributed by atoms with Crippen molar-refractivity contribution in [2.24, 2.45) is 9.98 Å². The Morgan fingerprint density at radius 1 is 0.837 bits per heavy atom. The molecule has 0 unspecified atom stereocenters. The molecular formula is C34H42N5O9P. The van der Waals surface area contributed by atoms with Crippen molar-refractivity contribution in [2.45, 2.75) is 44.2 Å². The van der Waals surface area contributed by atoms with Crippen molar-refractivity contribution < 1.29 is 43.0 Å². The lowest BCUT2D eigenvalue weighted by Crippen LogP contribution is -2.35. The number of methoxy groups -OCH3 is 2. The molecule has 6 rings (SSSR count). The van der Waals surface area contributed by atoms with Gasteiger partial charge < -0.3 is 43.7 Å². The van der Waals surface area contributed by atoms with Gasteiger partial charge in [-0.05, 0) is 37.8 Å². The monoisotopic (exact) mass is 695 g/mol. The van der Waals surface area contributed by atoms with Crippen LogP contribution in [0.1, 0.15) is 52.8 Å². The van der Waals surface area contributed by atoms with Crippen molar-refractivity contribution in [2.75, 3.05) is 65.7 Å². The second-order valence-corrected chi connectivity index (χ2v) is 15.8. The average Bonchev–Trinajstić information content (AvgIpc) is 3.73. The topological polar surface area (TPSA) is 169 Å². The predicted octanol–water partition coefficient (Wildman–Crippen LogP) is 3.62. The number of hydrogen-bond acceptors (Lipinski definition) is 11. The highest BCUT2D eigenvalue weighted by Gasteiger charge is 2.34. The number of nitrogens with one attached hydrogen (secondary N) is 1. The maximum absolute atomic E-state index is 14.2. The SMILES string of the molecule is COc1cc2c(cc1OCCP(=O)(CCOc1cc3c(cc1OC)C(=O)N1CCC[C@H]1C=N3)CNC(=O)CCO)N=C[C@@H]1CCCN1C2=O. The third-order valence-corrected chi connectivity index (χ3v) is 12.1. The van der Waals surface area contributed by atoms with E-state index in [-0.39, 0.29) is 68.7 Å². The number of aliphatic imine (C=N–C) groups is 2. The number of nitrogens with zero attached hydrogens (tertiary/aromatic N) is 4. The van der Waals surface area contributed by atoms with E-state index in [4.69, 9.17) is 24.1 Å². The van der Waals surface area contributed by atoms with Gasteiger partial charge in [-0.1, -0.05) is 0 Å². The minimum atomic E-state index is -3.15. The smallest absolute Gasteiger partial charge is 0.256 e. The molecule has 2 fully saturated rings. The molecule has 3 amide bonds. The van der Waals surface area contributed by atoms with Crippen molar-refractivity contribution in [1.82, 2.24) is 15.1 Å². The summed E-state index contributed by atoms with van der Waals surface area (Å²) in [7, 11) is -0.181. The molecule has 0 aliphatic carbocycles. The molecule has 2 N–H and O–H groups in total. The van der Waals surface area contributed by atoms with Crippen LogP contribution in [-0.2, 0) is 9.36 Å². The fourth-order valence-corrected chi connectivity index (χ4v) is 8.43. The van der Waals surface area contributed by atoms with Gasteiger partial charge in [0.2, 0.25) is 5.91 Å². The van der Waals surface area contributed by atoms with Gasteiger partial charge in [-0.2, -0.15) is 0 Å². The summed E-state index contributed by atoms with van der Waals surface area (Å²) in [6.07, 6.45) is 7.12. The number of amides is 3. The first kappa shape index (κ1) is 34.4. The van der Waals surface area contributed by atoms with Crippen molar-refractivity contribution >= 4 is 48.7 Å². The highest BCUT2D eigenvalue weighted by molar-refractivity contribution is 7.63. The summed E-state index contributed by atoms with van der Waals surface area (Å²) in [5.41, 5.74) is 1.82. The predicted molar refractivity (Wildman–Crippen MR) is 183 cm³/mol. The Hall–Kier alpha value is -4.42. The number of carbonyl (C=O) groups excluding carboxylic acids is 3. The molecule has 0 saturated carbocycles. The summed E-state index contributed by atoms with van der Waals surface area (Å²) in [4.78, 5) is 51.4. The van der Waals surface area contributed by atoms with E-state index in [1.807, 2.05) is 9.80 Å². The van der Waals surface area contributed by atoms with Gasteiger partial charge in [0.1, 0.15) is 7.14 Å². The molecule has 49 heavy (non-hydrogen) atoms. The van der Waals surface area contributed by atoms with Gasteiger partial charge in [0.05, 0.1) is 74.9 Å². The number of ether oxygens (including phenoxy) is 4. The van der Waals surface area contributed by atoms with E-state index in [0.29, 0.717) is 58.6 Å². The number of rotatable bonds is 14. The Labute approximate surface area is 284 Å². The number of fused-ring (bicyclic) bond motifs is 4. The number of aliphatic hydroxyl groups excluding tert-OH is 1. The zero-order valence-corrected chi connectivity index (χ0v) is 28.7. The van der Waals surface area contributed by atoms with Gasteiger partial charge in [0.15, 0.2) is 23.0 Å². The molecule has 0 radical (unpaired) electrons. The molecule has 4 heterocycles. The van der Waals surface area contributed by atoms with Crippen molar-refractivity contribution in [3.8, 4) is 23.0 Å². The number of benzene rings is 2. The van der Waals surface area contributed by atoms with Gasteiger partial charge in [-0.15, -0.1) is 0 Å². The van der Waals surface area contributed by atoms with Crippen LogP contribution in [0.5, 0.6) is 23.0 Å². The molecule has 0 aromatic heterocycles. The summed E-state index contributed by atoms with van der Waals surface area (Å²) in [5.74, 6) is 0.782. The van der Waals surface area contributed by atoms with Crippen LogP contribution < -0.4 is 24.3 Å². The maximum Gasteiger partial charge on any atom is 0.256 e. The molecule has 262 valence electrons. The first-order valence-corrected chi connectivity index (χ1v) is 18.8. The average molecular weight is 696 g/mol. The van der Waals surface area contributed by atoms with E-state index in [0.717, 1.165) is 25.7 Å². The second-order valence-electron chi connectivity index (χ2n) is 12.4. The van der Waals surface area contributed by atoms with Gasteiger partial charge in [-0.25, -0.2) is 0 Å². The molecule has 0 spiro atoms. The lowest BCUT2D eigenvalue weighted by molar-refractivity contribution is -0.121. The van der Waals surface area contributed by atoms with Crippen molar-refractivity contribution in [1.29, 1.82) is 0 Å². The minimum Gasteiger partial charge on any atom is -0.493 e. The second kappa shape index (κ2) is 15.0. The summed E-state index contributed by atoms with van der Waals surface area (Å²) in [5, 5.41) is 11.8. The maximum atomic E-state index is 14.2. The molecule has 4 aliphatic rings. The summed E-state index contributed by atoms with van der Waals surface area (Å²) in [6.45, 7) is 1.06. The number of carbonyl (C=O) groups is 3. The van der Waals surface area contributed by atoms with Gasteiger partial charge >= 0.3 is 0 Å². The Bertz CT molecular complexity index is 1600. The van der Waals surface area contributed by atoms with Crippen LogP contribution in [0.3, 0.4) is 0 Å². The molecule has 4 aliphatic heterocycles. The molecule has 2 aromatic rings. The third-order valence-electron chi connectivity index (χ3n) is 9.33. The highest BCUT2D eigenvalue weighted by Crippen LogP contribution is 2.45. The van der Waals surface area contributed by atoms with Crippen molar-refractivity contribution in [3.05, 3.63) is 35.4 Å². The largest absolute Gasteiger partial charge is 0.493 e. The Morgan fingerprint density at radius 3 is 1.78 bits per heavy atom. The van der Waals surface area contributed by atoms with Crippen LogP contribution in [0.2, 0.25) is 0 Å². The molecule has 2 aromatic carbocycles. The third kappa shape index (κ3) is 7.45. The van der Waals surface area contributed by atoms with E-state index < -0.39 is 13.0 Å². The molecule has 15 heteroatoms. The lowest BCUT2D eigenvalue weighted by atomic mass is 10.1. The summed E-state index contributed by atoms with van der Waals surface area (Å²) < 4.78 is 37.5. The zero-order chi connectivity index (χ0) is 34.5. The Kier molecular flexibility index (Phi) is 10.5. The van der Waals surface area contributed by atoms with Gasteiger partial charge in [0, 0.05) is 56.4 Å². The first-order valence-electron chi connectivity index (χ1n) is 16.6. The Balaban J connectivity index is 1.15. The number of hydrogen-bond donors (Lipinski definition) is 2. The minimum absolute atomic E-state index is 0.0192. The molecule has 2 atom stereocenters. The standard InChI is InChI=1S/C34H42N5O9P/c1-45-28-15-24-26(35-19-22-5-3-8-38(22)33(24)42)17-30(28)47-11-13-49(44,21-37-32(41)7-10-40)14-12-48-31-18-27-25(16-29(31)46-2)34(43)39-9-4-6-23(39)20-36-27/h15-20,22-23,40H,3-14,21H2,1-2H3,(H,37,41)/t22-,23-/m0/s1. The van der Waals surface area contributed by atoms with Crippen LogP contribution >= 0.6 is 7.14 Å². The Morgan fingerprint density at radius 2 is 1.33 bits per heavy atom. The fraction of sp³-hybridized carbons (Fsp3) is 0.500. The normalized spacial score (nSPS) is 19.4. The highest BCUT2D eigenvalue weighted by atomic mass is 31.2. The van der Waals surface area contributed by atoms with E-state index in [1.165, 1.54) is 14.2 Å². The summed E-state index contributed by atoms with van der Waals surface area (Å²) in [6, 6.07) is 6.49. The van der Waals surface area contributed by atoms with Crippen LogP contribution in [-0.4, -0.2) is 123 Å². The molecule has 2 saturated heterocycles. The van der Waals surface area contributed by atoms with Crippen molar-refractivity contribution in [3.63, 3.8) is 0 Å². The molecule has 14 nitrogen and oxygen atoms in total.